The molecule has 0 N–H and O–H groups in total. The minimum absolute atomic E-state index is 0.162. The van der Waals surface area contributed by atoms with E-state index in [2.05, 4.69) is 0 Å². The van der Waals surface area contributed by atoms with Gasteiger partial charge in [0, 0.05) is 6.42 Å². The minimum Gasteiger partial charge on any atom is -0.295 e. The largest absolute Gasteiger partial charge is 0.501 e. The van der Waals surface area contributed by atoms with Gasteiger partial charge in [-0.25, -0.2) is 8.42 Å². The summed E-state index contributed by atoms with van der Waals surface area (Å²) in [7, 11) is -5.27. The molecule has 0 radical (unpaired) electrons. The summed E-state index contributed by atoms with van der Waals surface area (Å²) in [6.45, 7) is 0. The van der Waals surface area contributed by atoms with Gasteiger partial charge in [0.2, 0.25) is 0 Å². The highest BCUT2D eigenvalue weighted by atomic mass is 32.2. The molecule has 0 bridgehead atoms. The lowest BCUT2D eigenvalue weighted by Gasteiger charge is -2.07. The molecule has 0 aromatic carbocycles. The van der Waals surface area contributed by atoms with Gasteiger partial charge in [-0.15, -0.1) is 0 Å². The lowest BCUT2D eigenvalue weighted by molar-refractivity contribution is -0.114. The number of halogens is 3. The van der Waals surface area contributed by atoms with Crippen molar-refractivity contribution in [2.24, 2.45) is 0 Å². The molecular weight excluding hydrogens is 209 g/mol. The summed E-state index contributed by atoms with van der Waals surface area (Å²) >= 11 is 0. The standard InChI is InChI=1S/C6H5F3O3S/c7-6(8,9)13(11,12)5-2-1-4(10)3-5/h3H,1-2H2. The summed E-state index contributed by atoms with van der Waals surface area (Å²) in [6.07, 6.45) is 0.0359. The van der Waals surface area contributed by atoms with Crippen LogP contribution in [0.1, 0.15) is 12.8 Å². The molecule has 1 aliphatic carbocycles. The second-order valence-electron chi connectivity index (χ2n) is 2.53. The fourth-order valence-corrected chi connectivity index (χ4v) is 1.89. The quantitative estimate of drug-likeness (QED) is 0.658. The van der Waals surface area contributed by atoms with Gasteiger partial charge in [-0.3, -0.25) is 4.79 Å². The second-order valence-corrected chi connectivity index (χ2v) is 4.52. The number of rotatable bonds is 1. The zero-order chi connectivity index (χ0) is 10.3. The molecule has 0 saturated carbocycles. The van der Waals surface area contributed by atoms with E-state index in [4.69, 9.17) is 0 Å². The Bertz CT molecular complexity index is 363. The van der Waals surface area contributed by atoms with Crippen molar-refractivity contribution in [3.63, 3.8) is 0 Å². The van der Waals surface area contributed by atoms with E-state index in [9.17, 15) is 26.4 Å². The first kappa shape index (κ1) is 10.2. The van der Waals surface area contributed by atoms with Crippen LogP contribution in [0, 0.1) is 0 Å². The summed E-state index contributed by atoms with van der Waals surface area (Å²) in [6, 6.07) is 0. The van der Waals surface area contributed by atoms with E-state index >= 15 is 0 Å². The van der Waals surface area contributed by atoms with E-state index in [1.807, 2.05) is 0 Å². The maximum atomic E-state index is 11.9. The first-order valence-corrected chi connectivity index (χ1v) is 4.78. The number of hydrogen-bond acceptors (Lipinski definition) is 3. The zero-order valence-corrected chi connectivity index (χ0v) is 7.07. The number of allylic oxidation sites excluding steroid dienone is 2. The van der Waals surface area contributed by atoms with Crippen molar-refractivity contribution in [3.05, 3.63) is 11.0 Å². The smallest absolute Gasteiger partial charge is 0.295 e. The van der Waals surface area contributed by atoms with Gasteiger partial charge in [0.15, 0.2) is 5.78 Å². The van der Waals surface area contributed by atoms with Crippen molar-refractivity contribution in [1.82, 2.24) is 0 Å². The van der Waals surface area contributed by atoms with Gasteiger partial charge in [-0.05, 0) is 12.5 Å². The molecule has 74 valence electrons. The van der Waals surface area contributed by atoms with Crippen LogP contribution in [0.2, 0.25) is 0 Å². The van der Waals surface area contributed by atoms with Gasteiger partial charge in [-0.2, -0.15) is 13.2 Å². The number of carbonyl (C=O) groups is 1. The Morgan fingerprint density at radius 1 is 1.23 bits per heavy atom. The molecule has 3 nitrogen and oxygen atoms in total. The van der Waals surface area contributed by atoms with Crippen LogP contribution < -0.4 is 0 Å². The molecule has 1 aliphatic rings. The molecule has 0 aromatic rings. The van der Waals surface area contributed by atoms with E-state index in [1.165, 1.54) is 0 Å². The molecule has 0 heterocycles. The number of carbonyl (C=O) groups excluding carboxylic acids is 1. The molecule has 1 rings (SSSR count). The van der Waals surface area contributed by atoms with E-state index in [-0.39, 0.29) is 12.8 Å². The summed E-state index contributed by atoms with van der Waals surface area (Å²) in [4.78, 5) is 9.69. The molecule has 0 aliphatic heterocycles. The third kappa shape index (κ3) is 1.74. The predicted octanol–water partition coefficient (Wildman–Crippen LogP) is 1.17. The van der Waals surface area contributed by atoms with Crippen LogP contribution in [0.25, 0.3) is 0 Å². The molecule has 0 unspecified atom stereocenters. The van der Waals surface area contributed by atoms with E-state index < -0.39 is 26.0 Å². The van der Waals surface area contributed by atoms with E-state index in [0.717, 1.165) is 0 Å². The summed E-state index contributed by atoms with van der Waals surface area (Å²) in [5.41, 5.74) is -5.30. The maximum Gasteiger partial charge on any atom is 0.501 e. The molecule has 0 fully saturated rings. The fourth-order valence-electron chi connectivity index (χ4n) is 0.931. The average molecular weight is 214 g/mol. The molecular formula is C6H5F3O3S. The van der Waals surface area contributed by atoms with Crippen LogP contribution in [0.4, 0.5) is 13.2 Å². The molecule has 0 amide bonds. The fraction of sp³-hybridized carbons (Fsp3) is 0.500. The highest BCUT2D eigenvalue weighted by molar-refractivity contribution is 7.96. The summed E-state index contributed by atoms with van der Waals surface area (Å²) in [5, 5.41) is 0. The van der Waals surface area contributed by atoms with Crippen molar-refractivity contribution in [3.8, 4) is 0 Å². The highest BCUT2D eigenvalue weighted by Crippen LogP contribution is 2.33. The maximum absolute atomic E-state index is 11.9. The van der Waals surface area contributed by atoms with Crippen LogP contribution in [0.5, 0.6) is 0 Å². The average Bonchev–Trinajstić information content (AvgIpc) is 2.33. The van der Waals surface area contributed by atoms with Gasteiger partial charge < -0.3 is 0 Å². The molecule has 0 saturated heterocycles. The third-order valence-electron chi connectivity index (χ3n) is 1.59. The van der Waals surface area contributed by atoms with Crippen molar-refractivity contribution in [1.29, 1.82) is 0 Å². The Kier molecular flexibility index (Phi) is 2.23. The Labute approximate surface area is 72.2 Å². The van der Waals surface area contributed by atoms with Crippen LogP contribution in [-0.2, 0) is 14.6 Å². The number of ketones is 1. The first-order chi connectivity index (χ1) is 5.75. The number of hydrogen-bond donors (Lipinski definition) is 0. The van der Waals surface area contributed by atoms with Gasteiger partial charge in [-0.1, -0.05) is 0 Å². The highest BCUT2D eigenvalue weighted by Gasteiger charge is 2.48. The number of alkyl halides is 3. The Morgan fingerprint density at radius 3 is 2.08 bits per heavy atom. The van der Waals surface area contributed by atoms with Gasteiger partial charge in [0.05, 0.1) is 4.91 Å². The first-order valence-electron chi connectivity index (χ1n) is 3.30. The third-order valence-corrected chi connectivity index (χ3v) is 3.21. The topological polar surface area (TPSA) is 51.2 Å². The molecule has 0 atom stereocenters. The summed E-state index contributed by atoms with van der Waals surface area (Å²) < 4.78 is 56.9. The Morgan fingerprint density at radius 2 is 1.77 bits per heavy atom. The van der Waals surface area contributed by atoms with Gasteiger partial charge >= 0.3 is 5.51 Å². The molecule has 7 heteroatoms. The molecule has 0 aromatic heterocycles. The van der Waals surface area contributed by atoms with Crippen molar-refractivity contribution in [2.75, 3.05) is 0 Å². The van der Waals surface area contributed by atoms with Crippen LogP contribution in [-0.4, -0.2) is 19.7 Å². The Hall–Kier alpha value is -0.850. The lowest BCUT2D eigenvalue weighted by atomic mass is 10.3. The normalized spacial score (nSPS) is 19.0. The zero-order valence-electron chi connectivity index (χ0n) is 6.26. The monoisotopic (exact) mass is 214 g/mol. The SMILES string of the molecule is O=C1C=C(S(=O)(=O)C(F)(F)F)CC1. The summed E-state index contributed by atoms with van der Waals surface area (Å²) in [5.74, 6) is -0.581. The predicted molar refractivity (Wildman–Crippen MR) is 37.3 cm³/mol. The Balaban J connectivity index is 3.10. The van der Waals surface area contributed by atoms with E-state index in [1.54, 1.807) is 0 Å². The van der Waals surface area contributed by atoms with Crippen molar-refractivity contribution in [2.45, 2.75) is 18.3 Å². The van der Waals surface area contributed by atoms with Gasteiger partial charge in [0.25, 0.3) is 9.84 Å². The second kappa shape index (κ2) is 2.83. The molecule has 13 heavy (non-hydrogen) atoms. The van der Waals surface area contributed by atoms with Crippen molar-refractivity contribution >= 4 is 15.6 Å². The lowest BCUT2D eigenvalue weighted by Crippen LogP contribution is -2.24. The van der Waals surface area contributed by atoms with Crippen LogP contribution >= 0.6 is 0 Å². The van der Waals surface area contributed by atoms with Gasteiger partial charge in [0.1, 0.15) is 0 Å². The van der Waals surface area contributed by atoms with E-state index in [0.29, 0.717) is 6.08 Å². The number of sulfone groups is 1. The molecule has 0 spiro atoms. The van der Waals surface area contributed by atoms with Crippen LogP contribution in [0.15, 0.2) is 11.0 Å². The minimum atomic E-state index is -5.30. The van der Waals surface area contributed by atoms with Crippen molar-refractivity contribution < 1.29 is 26.4 Å². The van der Waals surface area contributed by atoms with Crippen LogP contribution in [0.3, 0.4) is 0 Å².